The minimum absolute atomic E-state index is 0.0855. The lowest BCUT2D eigenvalue weighted by molar-refractivity contribution is 0.0734. The van der Waals surface area contributed by atoms with Crippen molar-refractivity contribution < 1.29 is 23.4 Å². The first-order valence-electron chi connectivity index (χ1n) is 9.61. The quantitative estimate of drug-likeness (QED) is 0.319. The highest BCUT2D eigenvalue weighted by Crippen LogP contribution is 2.27. The number of esters is 1. The second-order valence-corrected chi connectivity index (χ2v) is 7.08. The van der Waals surface area contributed by atoms with E-state index in [1.165, 1.54) is 19.4 Å². The van der Waals surface area contributed by atoms with Crippen LogP contribution in [0.25, 0.3) is 11.0 Å². The van der Waals surface area contributed by atoms with Crippen molar-refractivity contribution in [2.45, 2.75) is 13.8 Å². The van der Waals surface area contributed by atoms with Gasteiger partial charge in [-0.25, -0.2) is 4.79 Å². The SMILES string of the molecule is COc1cccc(C(=O)Oc2ccc3c(=O)c(Oc4cc(C)ccc4C)coc3c2)c1. The molecule has 0 amide bonds. The normalized spacial score (nSPS) is 10.7. The van der Waals surface area contributed by atoms with Gasteiger partial charge in [-0.3, -0.25) is 4.79 Å². The predicted molar refractivity (Wildman–Crippen MR) is 116 cm³/mol. The Morgan fingerprint density at radius 1 is 0.903 bits per heavy atom. The first-order valence-corrected chi connectivity index (χ1v) is 9.61. The fourth-order valence-corrected chi connectivity index (χ4v) is 3.08. The van der Waals surface area contributed by atoms with Gasteiger partial charge in [-0.1, -0.05) is 18.2 Å². The molecule has 0 radical (unpaired) electrons. The Morgan fingerprint density at radius 2 is 1.74 bits per heavy atom. The van der Waals surface area contributed by atoms with Crippen molar-refractivity contribution in [3.05, 3.63) is 93.8 Å². The summed E-state index contributed by atoms with van der Waals surface area (Å²) in [5.41, 5.74) is 2.25. The van der Waals surface area contributed by atoms with E-state index in [9.17, 15) is 9.59 Å². The van der Waals surface area contributed by atoms with Crippen LogP contribution in [0.1, 0.15) is 21.5 Å². The molecule has 0 saturated carbocycles. The van der Waals surface area contributed by atoms with Crippen LogP contribution in [-0.4, -0.2) is 13.1 Å². The summed E-state index contributed by atoms with van der Waals surface area (Å²) in [5.74, 6) is 0.940. The lowest BCUT2D eigenvalue weighted by Crippen LogP contribution is -2.09. The van der Waals surface area contributed by atoms with Gasteiger partial charge in [0.2, 0.25) is 11.2 Å². The molecule has 6 heteroatoms. The Morgan fingerprint density at radius 3 is 2.55 bits per heavy atom. The van der Waals surface area contributed by atoms with Crippen LogP contribution in [0.4, 0.5) is 0 Å². The standard InChI is InChI=1S/C25H20O6/c1-15-7-8-16(2)21(11-15)31-23-14-29-22-13-19(9-10-20(22)24(23)26)30-25(27)17-5-4-6-18(12-17)28-3/h4-14H,1-3H3. The molecule has 0 aliphatic heterocycles. The Labute approximate surface area is 178 Å². The van der Waals surface area contributed by atoms with Crippen molar-refractivity contribution in [3.8, 4) is 23.0 Å². The van der Waals surface area contributed by atoms with E-state index in [0.717, 1.165) is 11.1 Å². The molecular weight excluding hydrogens is 396 g/mol. The molecule has 156 valence electrons. The average Bonchev–Trinajstić information content (AvgIpc) is 2.78. The number of benzene rings is 3. The molecule has 0 spiro atoms. The summed E-state index contributed by atoms with van der Waals surface area (Å²) in [6.45, 7) is 3.85. The molecule has 0 atom stereocenters. The molecule has 1 aromatic heterocycles. The van der Waals surface area contributed by atoms with E-state index in [1.807, 2.05) is 32.0 Å². The summed E-state index contributed by atoms with van der Waals surface area (Å²) in [7, 11) is 1.52. The van der Waals surface area contributed by atoms with Gasteiger partial charge in [0.1, 0.15) is 29.1 Å². The maximum Gasteiger partial charge on any atom is 0.343 e. The first-order chi connectivity index (χ1) is 14.9. The van der Waals surface area contributed by atoms with E-state index in [4.69, 9.17) is 18.6 Å². The van der Waals surface area contributed by atoms with Gasteiger partial charge in [0, 0.05) is 6.07 Å². The Hall–Kier alpha value is -4.06. The number of rotatable bonds is 5. The van der Waals surface area contributed by atoms with Crippen molar-refractivity contribution in [1.29, 1.82) is 0 Å². The second kappa shape index (κ2) is 8.36. The first kappa shape index (κ1) is 20.2. The topological polar surface area (TPSA) is 75.0 Å². The van der Waals surface area contributed by atoms with Crippen molar-refractivity contribution in [3.63, 3.8) is 0 Å². The zero-order chi connectivity index (χ0) is 22.0. The van der Waals surface area contributed by atoms with E-state index >= 15 is 0 Å². The lowest BCUT2D eigenvalue weighted by atomic mass is 10.1. The number of carbonyl (C=O) groups is 1. The fourth-order valence-electron chi connectivity index (χ4n) is 3.08. The van der Waals surface area contributed by atoms with Crippen molar-refractivity contribution in [2.24, 2.45) is 0 Å². The highest BCUT2D eigenvalue weighted by molar-refractivity contribution is 5.92. The molecule has 0 fully saturated rings. The van der Waals surface area contributed by atoms with Crippen LogP contribution in [0.5, 0.6) is 23.0 Å². The number of hydrogen-bond acceptors (Lipinski definition) is 6. The van der Waals surface area contributed by atoms with E-state index in [-0.39, 0.29) is 22.5 Å². The minimum atomic E-state index is -0.546. The molecule has 0 aliphatic rings. The molecule has 4 aromatic rings. The summed E-state index contributed by atoms with van der Waals surface area (Å²) < 4.78 is 21.9. The van der Waals surface area contributed by atoms with Gasteiger partial charge in [0.25, 0.3) is 0 Å². The summed E-state index contributed by atoms with van der Waals surface area (Å²) in [5, 5.41) is 0.323. The number of ether oxygens (including phenoxy) is 3. The third-order valence-corrected chi connectivity index (χ3v) is 4.79. The van der Waals surface area contributed by atoms with Crippen LogP contribution in [-0.2, 0) is 0 Å². The van der Waals surface area contributed by atoms with Crippen LogP contribution in [0.3, 0.4) is 0 Å². The Bertz CT molecular complexity index is 1340. The van der Waals surface area contributed by atoms with Crippen LogP contribution in [0.15, 0.2) is 76.1 Å². The van der Waals surface area contributed by atoms with E-state index in [2.05, 4.69) is 0 Å². The molecule has 1 heterocycles. The zero-order valence-corrected chi connectivity index (χ0v) is 17.3. The molecule has 0 aliphatic carbocycles. The number of carbonyl (C=O) groups excluding carboxylic acids is 1. The molecule has 0 N–H and O–H groups in total. The molecule has 0 bridgehead atoms. The maximum atomic E-state index is 12.8. The maximum absolute atomic E-state index is 12.8. The van der Waals surface area contributed by atoms with Gasteiger partial charge in [-0.15, -0.1) is 0 Å². The summed E-state index contributed by atoms with van der Waals surface area (Å²) in [6, 6.07) is 17.0. The minimum Gasteiger partial charge on any atom is -0.497 e. The lowest BCUT2D eigenvalue weighted by Gasteiger charge is -2.10. The highest BCUT2D eigenvalue weighted by Gasteiger charge is 2.14. The van der Waals surface area contributed by atoms with Crippen molar-refractivity contribution >= 4 is 16.9 Å². The van der Waals surface area contributed by atoms with Crippen molar-refractivity contribution in [1.82, 2.24) is 0 Å². The smallest absolute Gasteiger partial charge is 0.343 e. The fraction of sp³-hybridized carbons (Fsp3) is 0.120. The number of hydrogen-bond donors (Lipinski definition) is 0. The Kier molecular flexibility index (Phi) is 5.45. The van der Waals surface area contributed by atoms with Crippen molar-refractivity contribution in [2.75, 3.05) is 7.11 Å². The van der Waals surface area contributed by atoms with Crippen LogP contribution < -0.4 is 19.6 Å². The average molecular weight is 416 g/mol. The molecule has 0 unspecified atom stereocenters. The number of aryl methyl sites for hydroxylation is 2. The molecule has 3 aromatic carbocycles. The number of methoxy groups -OCH3 is 1. The molecular formula is C25H20O6. The molecule has 4 rings (SSSR count). The summed E-state index contributed by atoms with van der Waals surface area (Å²) >= 11 is 0. The molecule has 6 nitrogen and oxygen atoms in total. The highest BCUT2D eigenvalue weighted by atomic mass is 16.5. The predicted octanol–water partition coefficient (Wildman–Crippen LogP) is 5.43. The summed E-state index contributed by atoms with van der Waals surface area (Å²) in [4.78, 5) is 25.3. The van der Waals surface area contributed by atoms with Gasteiger partial charge in [0.05, 0.1) is 18.1 Å². The van der Waals surface area contributed by atoms with E-state index in [1.54, 1.807) is 36.4 Å². The second-order valence-electron chi connectivity index (χ2n) is 7.08. The summed E-state index contributed by atoms with van der Waals surface area (Å²) in [6.07, 6.45) is 1.26. The van der Waals surface area contributed by atoms with Gasteiger partial charge < -0.3 is 18.6 Å². The van der Waals surface area contributed by atoms with Gasteiger partial charge in [-0.05, 0) is 61.4 Å². The van der Waals surface area contributed by atoms with E-state index < -0.39 is 5.97 Å². The third kappa shape index (κ3) is 4.28. The van der Waals surface area contributed by atoms with E-state index in [0.29, 0.717) is 22.4 Å². The zero-order valence-electron chi connectivity index (χ0n) is 17.3. The molecule has 31 heavy (non-hydrogen) atoms. The molecule has 0 saturated heterocycles. The number of fused-ring (bicyclic) bond motifs is 1. The third-order valence-electron chi connectivity index (χ3n) is 4.79. The van der Waals surface area contributed by atoms with Crippen LogP contribution in [0, 0.1) is 13.8 Å². The van der Waals surface area contributed by atoms with Gasteiger partial charge in [0.15, 0.2) is 0 Å². The largest absolute Gasteiger partial charge is 0.497 e. The van der Waals surface area contributed by atoms with Gasteiger partial charge >= 0.3 is 5.97 Å². The van der Waals surface area contributed by atoms with Crippen LogP contribution in [0.2, 0.25) is 0 Å². The van der Waals surface area contributed by atoms with Gasteiger partial charge in [-0.2, -0.15) is 0 Å². The Balaban J connectivity index is 1.60. The van der Waals surface area contributed by atoms with Crippen LogP contribution >= 0.6 is 0 Å². The monoisotopic (exact) mass is 416 g/mol.